The quantitative estimate of drug-likeness (QED) is 0.637. The van der Waals surface area contributed by atoms with Gasteiger partial charge in [0.2, 0.25) is 0 Å². The predicted octanol–water partition coefficient (Wildman–Crippen LogP) is 1.60. The smallest absolute Gasteiger partial charge is 0.341 e. The Morgan fingerprint density at radius 2 is 1.93 bits per heavy atom. The topological polar surface area (TPSA) is 86.1 Å². The van der Waals surface area contributed by atoms with Crippen LogP contribution in [-0.2, 0) is 19.1 Å². The van der Waals surface area contributed by atoms with E-state index in [1.54, 1.807) is 13.8 Å². The van der Waals surface area contributed by atoms with Crippen LogP contribution in [0.3, 0.4) is 0 Å². The van der Waals surface area contributed by atoms with Crippen LogP contribution in [0.1, 0.15) is 61.4 Å². The lowest BCUT2D eigenvalue weighted by Gasteiger charge is -2.28. The number of nitrogens with one attached hydrogen (secondary N) is 2. The van der Waals surface area contributed by atoms with Crippen molar-refractivity contribution in [3.8, 4) is 0 Å². The SMILES string of the molecule is CCOC(=O)c1c(C2CC2)csc1NC(=O)C[NH+]1CCC[C@@H](C(=O)OCC)C1. The fourth-order valence-corrected chi connectivity index (χ4v) is 4.79. The van der Waals surface area contributed by atoms with Crippen LogP contribution in [0.5, 0.6) is 0 Å². The Balaban J connectivity index is 1.62. The molecular formula is C20H29N2O5S+. The van der Waals surface area contributed by atoms with Gasteiger partial charge in [-0.05, 0) is 56.4 Å². The molecule has 1 aromatic heterocycles. The van der Waals surface area contributed by atoms with Crippen molar-refractivity contribution < 1.29 is 28.8 Å². The molecule has 0 aromatic carbocycles. The second-order valence-electron chi connectivity index (χ2n) is 7.41. The van der Waals surface area contributed by atoms with Crippen LogP contribution < -0.4 is 10.2 Å². The zero-order valence-corrected chi connectivity index (χ0v) is 17.4. The van der Waals surface area contributed by atoms with E-state index >= 15 is 0 Å². The number of anilines is 1. The fourth-order valence-electron chi connectivity index (χ4n) is 3.74. The molecule has 3 rings (SSSR count). The van der Waals surface area contributed by atoms with Gasteiger partial charge in [0.1, 0.15) is 10.9 Å². The number of hydrogen-bond donors (Lipinski definition) is 2. The van der Waals surface area contributed by atoms with Crippen LogP contribution >= 0.6 is 11.3 Å². The molecule has 1 saturated heterocycles. The molecule has 1 aliphatic heterocycles. The lowest BCUT2D eigenvalue weighted by Crippen LogP contribution is -3.14. The lowest BCUT2D eigenvalue weighted by atomic mass is 9.98. The minimum Gasteiger partial charge on any atom is -0.466 e. The predicted molar refractivity (Wildman–Crippen MR) is 106 cm³/mol. The van der Waals surface area contributed by atoms with Crippen molar-refractivity contribution in [2.45, 2.75) is 45.4 Å². The van der Waals surface area contributed by atoms with Crippen molar-refractivity contribution in [1.29, 1.82) is 0 Å². The summed E-state index contributed by atoms with van der Waals surface area (Å²) in [5.41, 5.74) is 1.51. The van der Waals surface area contributed by atoms with E-state index in [0.717, 1.165) is 42.7 Å². The first kappa shape index (κ1) is 20.8. The van der Waals surface area contributed by atoms with Gasteiger partial charge in [0.15, 0.2) is 6.54 Å². The molecule has 1 saturated carbocycles. The molecule has 2 heterocycles. The third kappa shape index (κ3) is 5.11. The van der Waals surface area contributed by atoms with Gasteiger partial charge < -0.3 is 19.7 Å². The first-order chi connectivity index (χ1) is 13.5. The third-order valence-electron chi connectivity index (χ3n) is 5.22. The zero-order valence-electron chi connectivity index (χ0n) is 16.5. The van der Waals surface area contributed by atoms with E-state index in [0.29, 0.717) is 36.2 Å². The number of esters is 2. The van der Waals surface area contributed by atoms with Crippen molar-refractivity contribution in [2.75, 3.05) is 38.2 Å². The van der Waals surface area contributed by atoms with Crippen LogP contribution in [0.2, 0.25) is 0 Å². The summed E-state index contributed by atoms with van der Waals surface area (Å²) in [6.45, 7) is 5.99. The van der Waals surface area contributed by atoms with Gasteiger partial charge in [0, 0.05) is 0 Å². The number of piperidine rings is 1. The Labute approximate surface area is 169 Å². The number of likely N-dealkylation sites (tertiary alicyclic amines) is 1. The molecule has 1 aromatic rings. The summed E-state index contributed by atoms with van der Waals surface area (Å²) < 4.78 is 10.3. The normalized spacial score (nSPS) is 21.8. The summed E-state index contributed by atoms with van der Waals surface area (Å²) in [5.74, 6) is -0.422. The summed E-state index contributed by atoms with van der Waals surface area (Å²) in [6.07, 6.45) is 3.85. The first-order valence-corrected chi connectivity index (χ1v) is 11.0. The van der Waals surface area contributed by atoms with E-state index in [-0.39, 0.29) is 30.3 Å². The molecule has 1 amide bonds. The van der Waals surface area contributed by atoms with Gasteiger partial charge >= 0.3 is 11.9 Å². The van der Waals surface area contributed by atoms with E-state index < -0.39 is 0 Å². The Hall–Kier alpha value is -1.93. The molecule has 1 unspecified atom stereocenters. The lowest BCUT2D eigenvalue weighted by molar-refractivity contribution is -0.899. The number of quaternary nitrogens is 1. The highest BCUT2D eigenvalue weighted by Gasteiger charge is 2.34. The summed E-state index contributed by atoms with van der Waals surface area (Å²) in [4.78, 5) is 38.1. The second-order valence-corrected chi connectivity index (χ2v) is 8.29. The van der Waals surface area contributed by atoms with Gasteiger partial charge in [-0.25, -0.2) is 4.79 Å². The number of hydrogen-bond acceptors (Lipinski definition) is 6. The molecule has 2 fully saturated rings. The Morgan fingerprint density at radius 3 is 2.61 bits per heavy atom. The monoisotopic (exact) mass is 409 g/mol. The molecule has 0 bridgehead atoms. The van der Waals surface area contributed by atoms with Crippen LogP contribution in [-0.4, -0.2) is 50.7 Å². The Kier molecular flexibility index (Phi) is 7.07. The molecule has 2 N–H and O–H groups in total. The van der Waals surface area contributed by atoms with E-state index in [1.165, 1.54) is 11.3 Å². The highest BCUT2D eigenvalue weighted by molar-refractivity contribution is 7.15. The van der Waals surface area contributed by atoms with Gasteiger partial charge in [0.25, 0.3) is 5.91 Å². The summed E-state index contributed by atoms with van der Waals surface area (Å²) >= 11 is 1.38. The minimum atomic E-state index is -0.367. The standard InChI is InChI=1S/C20H28N2O5S/c1-3-26-19(24)14-6-5-9-22(10-14)11-16(23)21-18-17(20(25)27-4-2)15(12-28-18)13-7-8-13/h12-14H,3-11H2,1-2H3,(H,21,23)/p+1/t14-/m1/s1. The molecule has 7 nitrogen and oxygen atoms in total. The van der Waals surface area contributed by atoms with E-state index in [1.807, 2.05) is 5.38 Å². The van der Waals surface area contributed by atoms with Crippen molar-refractivity contribution in [2.24, 2.45) is 5.92 Å². The fraction of sp³-hybridized carbons (Fsp3) is 0.650. The molecule has 28 heavy (non-hydrogen) atoms. The molecule has 0 spiro atoms. The van der Waals surface area contributed by atoms with Gasteiger partial charge in [0.05, 0.1) is 31.9 Å². The van der Waals surface area contributed by atoms with E-state index in [9.17, 15) is 14.4 Å². The van der Waals surface area contributed by atoms with Gasteiger partial charge in [-0.2, -0.15) is 0 Å². The average Bonchev–Trinajstić information content (AvgIpc) is 3.43. The van der Waals surface area contributed by atoms with Crippen molar-refractivity contribution in [1.82, 2.24) is 0 Å². The molecule has 2 atom stereocenters. The molecule has 154 valence electrons. The molecule has 2 aliphatic rings. The molecule has 1 aliphatic carbocycles. The number of thiophene rings is 1. The van der Waals surface area contributed by atoms with Crippen molar-refractivity contribution in [3.05, 3.63) is 16.5 Å². The highest BCUT2D eigenvalue weighted by atomic mass is 32.1. The summed E-state index contributed by atoms with van der Waals surface area (Å²) in [6, 6.07) is 0. The average molecular weight is 410 g/mol. The van der Waals surface area contributed by atoms with Crippen LogP contribution in [0, 0.1) is 5.92 Å². The summed E-state index contributed by atoms with van der Waals surface area (Å²) in [7, 11) is 0. The van der Waals surface area contributed by atoms with Crippen LogP contribution in [0.4, 0.5) is 5.00 Å². The summed E-state index contributed by atoms with van der Waals surface area (Å²) in [5, 5.41) is 5.45. The molecule has 0 radical (unpaired) electrons. The van der Waals surface area contributed by atoms with Gasteiger partial charge in [-0.15, -0.1) is 11.3 Å². The van der Waals surface area contributed by atoms with Crippen LogP contribution in [0.25, 0.3) is 0 Å². The maximum absolute atomic E-state index is 12.6. The van der Waals surface area contributed by atoms with Gasteiger partial charge in [-0.1, -0.05) is 0 Å². The maximum Gasteiger partial charge on any atom is 0.341 e. The number of ether oxygens (including phenoxy) is 2. The van der Waals surface area contributed by atoms with Crippen LogP contribution in [0.15, 0.2) is 5.38 Å². The largest absolute Gasteiger partial charge is 0.466 e. The number of amides is 1. The van der Waals surface area contributed by atoms with Gasteiger partial charge in [-0.3, -0.25) is 9.59 Å². The first-order valence-electron chi connectivity index (χ1n) is 10.1. The van der Waals surface area contributed by atoms with E-state index in [4.69, 9.17) is 9.47 Å². The van der Waals surface area contributed by atoms with E-state index in [2.05, 4.69) is 5.32 Å². The maximum atomic E-state index is 12.6. The Morgan fingerprint density at radius 1 is 1.18 bits per heavy atom. The number of rotatable bonds is 8. The second kappa shape index (κ2) is 9.52. The van der Waals surface area contributed by atoms with Crippen molar-refractivity contribution in [3.63, 3.8) is 0 Å². The molecular weight excluding hydrogens is 380 g/mol. The Bertz CT molecular complexity index is 728. The zero-order chi connectivity index (χ0) is 20.1. The highest BCUT2D eigenvalue weighted by Crippen LogP contribution is 2.46. The number of carbonyl (C=O) groups is 3. The third-order valence-corrected chi connectivity index (χ3v) is 6.13. The molecule has 8 heteroatoms. The van der Waals surface area contributed by atoms with Crippen molar-refractivity contribution >= 4 is 34.2 Å². The minimum absolute atomic E-state index is 0.144. The number of carbonyl (C=O) groups excluding carboxylic acids is 3.